The summed E-state index contributed by atoms with van der Waals surface area (Å²) < 4.78 is 11.6. The molecule has 0 atom stereocenters. The van der Waals surface area contributed by atoms with Crippen molar-refractivity contribution in [2.75, 3.05) is 26.7 Å². The van der Waals surface area contributed by atoms with Crippen LogP contribution >= 0.6 is 24.0 Å². The third-order valence-electron chi connectivity index (χ3n) is 5.29. The quantitative estimate of drug-likeness (QED) is 0.187. The molecule has 30 heavy (non-hydrogen) atoms. The van der Waals surface area contributed by atoms with Gasteiger partial charge in [0.05, 0.1) is 19.8 Å². The van der Waals surface area contributed by atoms with Crippen molar-refractivity contribution in [2.45, 2.75) is 58.1 Å². The zero-order valence-corrected chi connectivity index (χ0v) is 20.4. The number of hydrogen-bond acceptors (Lipinski definition) is 4. The maximum Gasteiger partial charge on any atom is 0.223 e. The number of ether oxygens (including phenoxy) is 2. The Labute approximate surface area is 196 Å². The van der Waals surface area contributed by atoms with E-state index in [0.29, 0.717) is 19.6 Å². The molecule has 0 unspecified atom stereocenters. The van der Waals surface area contributed by atoms with E-state index in [4.69, 9.17) is 14.5 Å². The third kappa shape index (κ3) is 7.85. The summed E-state index contributed by atoms with van der Waals surface area (Å²) in [7, 11) is 1.67. The molecule has 0 aromatic heterocycles. The zero-order chi connectivity index (χ0) is 20.5. The van der Waals surface area contributed by atoms with Gasteiger partial charge < -0.3 is 25.4 Å². The van der Waals surface area contributed by atoms with Crippen LogP contribution in [0.3, 0.4) is 0 Å². The second-order valence-corrected chi connectivity index (χ2v) is 7.69. The summed E-state index contributed by atoms with van der Waals surface area (Å²) in [6, 6.07) is 5.92. The Morgan fingerprint density at radius 2 is 1.83 bits per heavy atom. The first-order chi connectivity index (χ1) is 14.2. The maximum absolute atomic E-state index is 11.7. The lowest BCUT2D eigenvalue weighted by Crippen LogP contribution is -2.41. The summed E-state index contributed by atoms with van der Waals surface area (Å²) in [5.74, 6) is 2.79. The van der Waals surface area contributed by atoms with Gasteiger partial charge in [-0.25, -0.2) is 4.99 Å². The average molecular weight is 530 g/mol. The Hall–Kier alpha value is -1.71. The minimum atomic E-state index is 0. The molecule has 1 amide bonds. The van der Waals surface area contributed by atoms with Crippen molar-refractivity contribution in [2.24, 2.45) is 10.9 Å². The van der Waals surface area contributed by atoms with Crippen LogP contribution in [0.25, 0.3) is 0 Å². The summed E-state index contributed by atoms with van der Waals surface area (Å²) in [6.45, 7) is 4.55. The highest BCUT2D eigenvalue weighted by atomic mass is 127. The Bertz CT molecular complexity index is 704. The SMILES string of the molecule is CCNC(=NCc1ccc(OC)cc1OC1CCCC1)NCCNC(=O)C1CC1.I. The van der Waals surface area contributed by atoms with Crippen LogP contribution in [-0.4, -0.2) is 44.7 Å². The molecule has 1 aromatic rings. The number of carbonyl (C=O) groups excluding carboxylic acids is 1. The van der Waals surface area contributed by atoms with E-state index < -0.39 is 0 Å². The molecule has 0 radical (unpaired) electrons. The molecular weight excluding hydrogens is 495 g/mol. The smallest absolute Gasteiger partial charge is 0.223 e. The second kappa shape index (κ2) is 12.9. The fourth-order valence-corrected chi connectivity index (χ4v) is 3.45. The monoisotopic (exact) mass is 530 g/mol. The van der Waals surface area contributed by atoms with Gasteiger partial charge in [-0.3, -0.25) is 4.79 Å². The number of benzene rings is 1. The van der Waals surface area contributed by atoms with E-state index >= 15 is 0 Å². The van der Waals surface area contributed by atoms with Gasteiger partial charge in [0.2, 0.25) is 5.91 Å². The standard InChI is InChI=1S/C22H34N4O3.HI/c1-3-23-22(25-13-12-24-21(27)16-8-9-16)26-15-17-10-11-19(28-2)14-20(17)29-18-6-4-5-7-18;/h10-11,14,16,18H,3-9,12-13,15H2,1-2H3,(H,24,27)(H2,23,25,26);1H. The van der Waals surface area contributed by atoms with Crippen molar-refractivity contribution in [1.29, 1.82) is 0 Å². The fraction of sp³-hybridized carbons (Fsp3) is 0.636. The van der Waals surface area contributed by atoms with Crippen LogP contribution in [0, 0.1) is 5.92 Å². The van der Waals surface area contributed by atoms with Gasteiger partial charge in [-0.1, -0.05) is 0 Å². The lowest BCUT2D eigenvalue weighted by atomic mass is 10.2. The molecule has 2 aliphatic carbocycles. The minimum absolute atomic E-state index is 0. The van der Waals surface area contributed by atoms with Crippen molar-refractivity contribution in [1.82, 2.24) is 16.0 Å². The van der Waals surface area contributed by atoms with Crippen LogP contribution in [0.4, 0.5) is 0 Å². The molecule has 3 N–H and O–H groups in total. The highest BCUT2D eigenvalue weighted by Crippen LogP contribution is 2.30. The summed E-state index contributed by atoms with van der Waals surface area (Å²) >= 11 is 0. The molecule has 3 rings (SSSR count). The lowest BCUT2D eigenvalue weighted by molar-refractivity contribution is -0.122. The van der Waals surface area contributed by atoms with Gasteiger partial charge in [0.1, 0.15) is 11.5 Å². The molecule has 8 heteroatoms. The number of halogens is 1. The molecule has 2 saturated carbocycles. The zero-order valence-electron chi connectivity index (χ0n) is 18.0. The van der Waals surface area contributed by atoms with E-state index in [9.17, 15) is 4.79 Å². The van der Waals surface area contributed by atoms with E-state index in [2.05, 4.69) is 16.0 Å². The Balaban J connectivity index is 0.00000320. The van der Waals surface area contributed by atoms with Crippen molar-refractivity contribution in [3.05, 3.63) is 23.8 Å². The van der Waals surface area contributed by atoms with Crippen molar-refractivity contribution in [3.63, 3.8) is 0 Å². The minimum Gasteiger partial charge on any atom is -0.497 e. The van der Waals surface area contributed by atoms with Crippen LogP contribution in [0.2, 0.25) is 0 Å². The number of amides is 1. The van der Waals surface area contributed by atoms with Crippen molar-refractivity contribution >= 4 is 35.8 Å². The Morgan fingerprint density at radius 3 is 2.50 bits per heavy atom. The molecule has 0 heterocycles. The number of carbonyl (C=O) groups is 1. The first kappa shape index (κ1) is 24.6. The van der Waals surface area contributed by atoms with Crippen LogP contribution in [0.15, 0.2) is 23.2 Å². The van der Waals surface area contributed by atoms with Crippen LogP contribution in [0.5, 0.6) is 11.5 Å². The number of nitrogens with zero attached hydrogens (tertiary/aromatic N) is 1. The van der Waals surface area contributed by atoms with Crippen LogP contribution < -0.4 is 25.4 Å². The predicted molar refractivity (Wildman–Crippen MR) is 130 cm³/mol. The molecule has 0 saturated heterocycles. The van der Waals surface area contributed by atoms with Crippen LogP contribution in [-0.2, 0) is 11.3 Å². The summed E-state index contributed by atoms with van der Waals surface area (Å²) in [5.41, 5.74) is 1.04. The second-order valence-electron chi connectivity index (χ2n) is 7.69. The third-order valence-corrected chi connectivity index (χ3v) is 5.29. The molecule has 7 nitrogen and oxygen atoms in total. The van der Waals surface area contributed by atoms with Gasteiger partial charge in [-0.2, -0.15) is 0 Å². The van der Waals surface area contributed by atoms with Gasteiger partial charge in [0.25, 0.3) is 0 Å². The summed E-state index contributed by atoms with van der Waals surface area (Å²) in [5, 5.41) is 9.49. The van der Waals surface area contributed by atoms with Crippen molar-refractivity contribution in [3.8, 4) is 11.5 Å². The Kier molecular flexibility index (Phi) is 10.5. The maximum atomic E-state index is 11.7. The van der Waals surface area contributed by atoms with E-state index in [1.807, 2.05) is 25.1 Å². The Morgan fingerprint density at radius 1 is 1.10 bits per heavy atom. The number of guanidine groups is 1. The summed E-state index contributed by atoms with van der Waals surface area (Å²) in [6.07, 6.45) is 7.01. The molecular formula is C22H35IN4O3. The van der Waals surface area contributed by atoms with Crippen LogP contribution in [0.1, 0.15) is 51.0 Å². The largest absolute Gasteiger partial charge is 0.497 e. The lowest BCUT2D eigenvalue weighted by Gasteiger charge is -2.17. The van der Waals surface area contributed by atoms with Crippen molar-refractivity contribution < 1.29 is 14.3 Å². The number of nitrogens with one attached hydrogen (secondary N) is 3. The number of methoxy groups -OCH3 is 1. The molecule has 0 spiro atoms. The highest BCUT2D eigenvalue weighted by Gasteiger charge is 2.29. The molecule has 0 aliphatic heterocycles. The van der Waals surface area contributed by atoms with E-state index in [1.165, 1.54) is 12.8 Å². The van der Waals surface area contributed by atoms with Gasteiger partial charge in [-0.05, 0) is 57.6 Å². The number of rotatable bonds is 10. The van der Waals surface area contributed by atoms with Gasteiger partial charge in [-0.15, -0.1) is 24.0 Å². The van der Waals surface area contributed by atoms with Gasteiger partial charge >= 0.3 is 0 Å². The highest BCUT2D eigenvalue weighted by molar-refractivity contribution is 14.0. The molecule has 2 aliphatic rings. The van der Waals surface area contributed by atoms with Gasteiger partial charge in [0, 0.05) is 37.2 Å². The van der Waals surface area contributed by atoms with Gasteiger partial charge in [0.15, 0.2) is 5.96 Å². The normalized spacial score (nSPS) is 16.5. The predicted octanol–water partition coefficient (Wildman–Crippen LogP) is 3.22. The van der Waals surface area contributed by atoms with E-state index in [0.717, 1.165) is 55.3 Å². The number of hydrogen-bond donors (Lipinski definition) is 3. The molecule has 1 aromatic carbocycles. The first-order valence-electron chi connectivity index (χ1n) is 10.8. The van der Waals surface area contributed by atoms with E-state index in [1.54, 1.807) is 7.11 Å². The number of aliphatic imine (C=N–C) groups is 1. The summed E-state index contributed by atoms with van der Waals surface area (Å²) in [4.78, 5) is 16.4. The fourth-order valence-electron chi connectivity index (χ4n) is 3.45. The molecule has 2 fully saturated rings. The average Bonchev–Trinajstić information content (AvgIpc) is 3.47. The first-order valence-corrected chi connectivity index (χ1v) is 10.8. The van der Waals surface area contributed by atoms with E-state index in [-0.39, 0.29) is 41.9 Å². The topological polar surface area (TPSA) is 84.0 Å². The molecule has 0 bridgehead atoms. The molecule has 168 valence electrons.